The van der Waals surface area contributed by atoms with Crippen LogP contribution < -0.4 is 0 Å². The van der Waals surface area contributed by atoms with Gasteiger partial charge in [0.1, 0.15) is 5.52 Å². The zero-order valence-corrected chi connectivity index (χ0v) is 13.0. The predicted octanol–water partition coefficient (Wildman–Crippen LogP) is 3.75. The maximum Gasteiger partial charge on any atom is 0.179 e. The van der Waals surface area contributed by atoms with Crippen LogP contribution in [-0.2, 0) is 13.5 Å². The number of aromatic amines is 1. The Morgan fingerprint density at radius 3 is 2.79 bits per heavy atom. The molecule has 0 bridgehead atoms. The maximum absolute atomic E-state index is 5.58. The van der Waals surface area contributed by atoms with Crippen molar-refractivity contribution in [2.24, 2.45) is 12.5 Å². The Morgan fingerprint density at radius 2 is 2.21 bits per heavy atom. The average Bonchev–Trinajstić information content (AvgIpc) is 2.93. The largest absolute Gasteiger partial charge is 0.328 e. The summed E-state index contributed by atoms with van der Waals surface area (Å²) >= 11 is 5.58. The molecule has 2 aromatic rings. The van der Waals surface area contributed by atoms with Gasteiger partial charge < -0.3 is 4.98 Å². The molecule has 1 aliphatic rings. The van der Waals surface area contributed by atoms with Crippen LogP contribution in [-0.4, -0.2) is 19.3 Å². The summed E-state index contributed by atoms with van der Waals surface area (Å²) in [6.07, 6.45) is 4.69. The van der Waals surface area contributed by atoms with Gasteiger partial charge in [0.15, 0.2) is 10.4 Å². The molecule has 1 saturated carbocycles. The van der Waals surface area contributed by atoms with Crippen molar-refractivity contribution >= 4 is 23.4 Å². The van der Waals surface area contributed by atoms with Crippen molar-refractivity contribution in [3.63, 3.8) is 0 Å². The minimum absolute atomic E-state index is 0.310. The van der Waals surface area contributed by atoms with E-state index < -0.39 is 0 Å². The molecule has 1 atom stereocenters. The van der Waals surface area contributed by atoms with Gasteiger partial charge >= 0.3 is 0 Å². The molecule has 4 nitrogen and oxygen atoms in total. The first kappa shape index (κ1) is 12.9. The van der Waals surface area contributed by atoms with E-state index in [4.69, 9.17) is 12.2 Å². The van der Waals surface area contributed by atoms with E-state index in [2.05, 4.69) is 35.4 Å². The second-order valence-corrected chi connectivity index (χ2v) is 6.71. The zero-order valence-electron chi connectivity index (χ0n) is 12.2. The van der Waals surface area contributed by atoms with Crippen LogP contribution in [0.3, 0.4) is 0 Å². The second-order valence-electron chi connectivity index (χ2n) is 6.32. The van der Waals surface area contributed by atoms with Crippen LogP contribution in [0.1, 0.15) is 51.8 Å². The lowest BCUT2D eigenvalue weighted by atomic mass is 9.87. The number of nitrogens with zero attached hydrogens (tertiary/aromatic N) is 3. The second kappa shape index (κ2) is 4.20. The van der Waals surface area contributed by atoms with Crippen molar-refractivity contribution in [2.75, 3.05) is 0 Å². The summed E-state index contributed by atoms with van der Waals surface area (Å²) in [5.41, 5.74) is 3.70. The number of aromatic nitrogens is 4. The number of imidazole rings is 1. The van der Waals surface area contributed by atoms with Crippen LogP contribution >= 0.6 is 12.2 Å². The number of rotatable bonds is 2. The van der Waals surface area contributed by atoms with Crippen LogP contribution in [0.15, 0.2) is 0 Å². The van der Waals surface area contributed by atoms with Crippen molar-refractivity contribution in [2.45, 2.75) is 52.5 Å². The van der Waals surface area contributed by atoms with Gasteiger partial charge in [-0.1, -0.05) is 27.2 Å². The Labute approximate surface area is 118 Å². The van der Waals surface area contributed by atoms with Gasteiger partial charge in [-0.05, 0) is 36.9 Å². The molecule has 1 unspecified atom stereocenters. The third-order valence-corrected chi connectivity index (χ3v) is 4.91. The summed E-state index contributed by atoms with van der Waals surface area (Å²) in [6, 6.07) is 0.480. The third-order valence-electron chi connectivity index (χ3n) is 4.62. The normalized spacial score (nSPS) is 22.4. The van der Waals surface area contributed by atoms with Crippen LogP contribution in [0.5, 0.6) is 0 Å². The number of H-pyrrole nitrogens is 1. The molecule has 0 saturated heterocycles. The molecular weight excluding hydrogens is 256 g/mol. The molecule has 0 spiro atoms. The van der Waals surface area contributed by atoms with Crippen LogP contribution in [0.25, 0.3) is 11.2 Å². The first-order valence-corrected chi connectivity index (χ1v) is 7.52. The highest BCUT2D eigenvalue weighted by Gasteiger charge is 2.37. The van der Waals surface area contributed by atoms with E-state index in [0.29, 0.717) is 11.5 Å². The van der Waals surface area contributed by atoms with E-state index in [1.165, 1.54) is 19.3 Å². The van der Waals surface area contributed by atoms with Gasteiger partial charge in [0.2, 0.25) is 0 Å². The standard InChI is InChI=1S/C14H22N4S/c1-5-9-11-12(17(4)16-9)18(13(19)15-11)10-7-6-8-14(10,2)3/h10H,5-8H2,1-4H3,(H,15,19). The predicted molar refractivity (Wildman–Crippen MR) is 79.9 cm³/mol. The van der Waals surface area contributed by atoms with Gasteiger partial charge in [-0.3, -0.25) is 9.25 Å². The van der Waals surface area contributed by atoms with Gasteiger partial charge in [-0.15, -0.1) is 0 Å². The molecule has 1 fully saturated rings. The molecule has 104 valence electrons. The van der Waals surface area contributed by atoms with Gasteiger partial charge in [0, 0.05) is 13.1 Å². The molecule has 0 amide bonds. The molecule has 19 heavy (non-hydrogen) atoms. The molecule has 1 N–H and O–H groups in total. The smallest absolute Gasteiger partial charge is 0.179 e. The summed E-state index contributed by atoms with van der Waals surface area (Å²) in [5.74, 6) is 0. The lowest BCUT2D eigenvalue weighted by Crippen LogP contribution is -2.22. The van der Waals surface area contributed by atoms with Crippen LogP contribution in [0, 0.1) is 10.2 Å². The Bertz CT molecular complexity index is 673. The number of fused-ring (bicyclic) bond motifs is 1. The Balaban J connectivity index is 2.27. The molecule has 0 aromatic carbocycles. The lowest BCUT2D eigenvalue weighted by Gasteiger charge is -2.28. The molecule has 2 heterocycles. The molecule has 1 aliphatic carbocycles. The molecular formula is C14H22N4S. The lowest BCUT2D eigenvalue weighted by molar-refractivity contribution is 0.262. The molecule has 5 heteroatoms. The number of hydrogen-bond donors (Lipinski definition) is 1. The summed E-state index contributed by atoms with van der Waals surface area (Å²) in [5, 5.41) is 4.61. The van der Waals surface area contributed by atoms with Gasteiger partial charge in [0.25, 0.3) is 0 Å². The van der Waals surface area contributed by atoms with Gasteiger partial charge in [-0.25, -0.2) is 0 Å². The fraction of sp³-hybridized carbons (Fsp3) is 0.714. The van der Waals surface area contributed by atoms with Crippen molar-refractivity contribution in [3.8, 4) is 0 Å². The van der Waals surface area contributed by atoms with E-state index in [1.54, 1.807) is 0 Å². The van der Waals surface area contributed by atoms with Crippen molar-refractivity contribution < 1.29 is 0 Å². The van der Waals surface area contributed by atoms with E-state index in [9.17, 15) is 0 Å². The first-order valence-electron chi connectivity index (χ1n) is 7.12. The van der Waals surface area contributed by atoms with Crippen molar-refractivity contribution in [1.82, 2.24) is 19.3 Å². The van der Waals surface area contributed by atoms with Crippen LogP contribution in [0.2, 0.25) is 0 Å². The Kier molecular flexibility index (Phi) is 2.85. The number of hydrogen-bond acceptors (Lipinski definition) is 2. The van der Waals surface area contributed by atoms with E-state index >= 15 is 0 Å². The fourth-order valence-corrected chi connectivity index (χ4v) is 3.88. The number of aryl methyl sites for hydroxylation is 2. The maximum atomic E-state index is 5.58. The fourth-order valence-electron chi connectivity index (χ4n) is 3.56. The topological polar surface area (TPSA) is 38.5 Å². The quantitative estimate of drug-likeness (QED) is 0.850. The van der Waals surface area contributed by atoms with E-state index in [1.807, 2.05) is 11.7 Å². The minimum Gasteiger partial charge on any atom is -0.328 e. The van der Waals surface area contributed by atoms with Crippen molar-refractivity contribution in [3.05, 3.63) is 10.5 Å². The van der Waals surface area contributed by atoms with E-state index in [-0.39, 0.29) is 0 Å². The average molecular weight is 278 g/mol. The highest BCUT2D eigenvalue weighted by atomic mass is 32.1. The minimum atomic E-state index is 0.310. The van der Waals surface area contributed by atoms with E-state index in [0.717, 1.165) is 28.0 Å². The summed E-state index contributed by atoms with van der Waals surface area (Å²) < 4.78 is 5.14. The summed E-state index contributed by atoms with van der Waals surface area (Å²) in [7, 11) is 2.02. The molecule has 2 aromatic heterocycles. The Morgan fingerprint density at radius 1 is 1.47 bits per heavy atom. The highest BCUT2D eigenvalue weighted by Crippen LogP contribution is 2.47. The third kappa shape index (κ3) is 1.78. The Hall–Kier alpha value is -1.10. The molecule has 0 aliphatic heterocycles. The van der Waals surface area contributed by atoms with Crippen molar-refractivity contribution in [1.29, 1.82) is 0 Å². The van der Waals surface area contributed by atoms with Gasteiger partial charge in [0.05, 0.1) is 5.69 Å². The molecule has 0 radical (unpaired) electrons. The number of nitrogens with one attached hydrogen (secondary N) is 1. The van der Waals surface area contributed by atoms with Gasteiger partial charge in [-0.2, -0.15) is 5.10 Å². The summed E-state index contributed by atoms with van der Waals surface area (Å²) in [6.45, 7) is 6.83. The monoisotopic (exact) mass is 278 g/mol. The SMILES string of the molecule is CCc1nn(C)c2c1[nH]c(=S)n2C1CCCC1(C)C. The van der Waals surface area contributed by atoms with Crippen LogP contribution in [0.4, 0.5) is 0 Å². The highest BCUT2D eigenvalue weighted by molar-refractivity contribution is 7.71. The zero-order chi connectivity index (χ0) is 13.8. The summed E-state index contributed by atoms with van der Waals surface area (Å²) in [4.78, 5) is 3.38. The molecule has 3 rings (SSSR count). The first-order chi connectivity index (χ1) is 8.95.